The van der Waals surface area contributed by atoms with Crippen LogP contribution in [0.15, 0.2) is 41.5 Å². The van der Waals surface area contributed by atoms with Gasteiger partial charge in [0, 0.05) is 17.4 Å². The normalized spacial score (nSPS) is 18.0. The molecule has 0 aliphatic carbocycles. The number of aliphatic imine (C=N–C) groups is 1. The van der Waals surface area contributed by atoms with Gasteiger partial charge < -0.3 is 11.1 Å². The number of amides is 1. The monoisotopic (exact) mass is 500 g/mol. The number of benzene rings is 1. The average molecular weight is 501 g/mol. The minimum atomic E-state index is -4.71. The quantitative estimate of drug-likeness (QED) is 0.512. The van der Waals surface area contributed by atoms with Crippen LogP contribution >= 0.6 is 23.2 Å². The van der Waals surface area contributed by atoms with Crippen LogP contribution in [0.3, 0.4) is 0 Å². The van der Waals surface area contributed by atoms with Gasteiger partial charge in [-0.25, -0.2) is 9.37 Å². The van der Waals surface area contributed by atoms with Crippen LogP contribution in [-0.4, -0.2) is 26.5 Å². The summed E-state index contributed by atoms with van der Waals surface area (Å²) in [5.41, 5.74) is 2.94. The van der Waals surface area contributed by atoms with Gasteiger partial charge in [0.25, 0.3) is 5.91 Å². The van der Waals surface area contributed by atoms with Gasteiger partial charge in [-0.15, -0.1) is 0 Å². The Balaban J connectivity index is 1.75. The van der Waals surface area contributed by atoms with E-state index < -0.39 is 29.1 Å². The van der Waals surface area contributed by atoms with E-state index in [-0.39, 0.29) is 45.1 Å². The van der Waals surface area contributed by atoms with E-state index in [0.717, 1.165) is 16.8 Å². The lowest BCUT2D eigenvalue weighted by atomic mass is 9.87. The molecule has 1 amide bonds. The lowest BCUT2D eigenvalue weighted by Crippen LogP contribution is -2.37. The highest BCUT2D eigenvalue weighted by atomic mass is 35.5. The van der Waals surface area contributed by atoms with Crippen LogP contribution in [0.2, 0.25) is 10.0 Å². The Morgan fingerprint density at radius 3 is 2.64 bits per heavy atom. The lowest BCUT2D eigenvalue weighted by Gasteiger charge is -2.31. The molecule has 13 heteroatoms. The molecule has 33 heavy (non-hydrogen) atoms. The van der Waals surface area contributed by atoms with Gasteiger partial charge in [-0.05, 0) is 37.3 Å². The molecule has 1 aliphatic rings. The van der Waals surface area contributed by atoms with Crippen molar-refractivity contribution in [2.45, 2.75) is 25.2 Å². The van der Waals surface area contributed by atoms with Gasteiger partial charge in [-0.3, -0.25) is 14.5 Å². The second-order valence-corrected chi connectivity index (χ2v) is 8.22. The molecule has 3 aromatic rings. The number of hydrogen-bond acceptors (Lipinski definition) is 5. The molecule has 1 atom stereocenters. The number of alkyl halides is 3. The summed E-state index contributed by atoms with van der Waals surface area (Å²) >= 11 is 11.8. The van der Waals surface area contributed by atoms with Crippen molar-refractivity contribution in [2.24, 2.45) is 10.7 Å². The van der Waals surface area contributed by atoms with E-state index >= 15 is 0 Å². The first kappa shape index (κ1) is 23.0. The maximum atomic E-state index is 14.9. The third kappa shape index (κ3) is 4.25. The molecular weight excluding hydrogens is 487 g/mol. The second-order valence-electron chi connectivity index (χ2n) is 7.38. The smallest absolute Gasteiger partial charge is 0.386 e. The molecule has 0 saturated heterocycles. The summed E-state index contributed by atoms with van der Waals surface area (Å²) < 4.78 is 55.7. The van der Waals surface area contributed by atoms with Crippen LogP contribution in [-0.2, 0) is 18.3 Å². The first-order valence-electron chi connectivity index (χ1n) is 9.30. The van der Waals surface area contributed by atoms with Crippen molar-refractivity contribution in [3.63, 3.8) is 0 Å². The van der Waals surface area contributed by atoms with Gasteiger partial charge in [0.05, 0.1) is 22.3 Å². The Morgan fingerprint density at radius 2 is 1.97 bits per heavy atom. The fourth-order valence-corrected chi connectivity index (χ4v) is 4.01. The zero-order chi connectivity index (χ0) is 24.1. The largest absolute Gasteiger partial charge is 0.435 e. The minimum absolute atomic E-state index is 0.00235. The number of amidine groups is 1. The van der Waals surface area contributed by atoms with E-state index in [2.05, 4.69) is 20.4 Å². The molecular formula is C20H14Cl2F4N6O. The Labute approximate surface area is 194 Å². The van der Waals surface area contributed by atoms with Crippen LogP contribution in [0, 0.1) is 5.82 Å². The summed E-state index contributed by atoms with van der Waals surface area (Å²) in [5, 5.41) is 6.32. The molecule has 2 aromatic heterocycles. The third-order valence-corrected chi connectivity index (χ3v) is 5.51. The Hall–Kier alpha value is -3.18. The maximum absolute atomic E-state index is 14.9. The third-order valence-electron chi connectivity index (χ3n) is 5.02. The predicted octanol–water partition coefficient (Wildman–Crippen LogP) is 4.63. The maximum Gasteiger partial charge on any atom is 0.435 e. The van der Waals surface area contributed by atoms with Crippen LogP contribution in [0.5, 0.6) is 0 Å². The number of anilines is 1. The van der Waals surface area contributed by atoms with Crippen LogP contribution in [0.4, 0.5) is 23.2 Å². The number of hydrogen-bond donors (Lipinski definition) is 2. The number of aromatic nitrogens is 3. The SMILES string of the molecule is C[C@]1(c2cc(NC(=O)c3ncc(Cl)cc3Cl)ccc2F)N=C(N)Cn2nc(C(F)(F)F)cc21. The van der Waals surface area contributed by atoms with E-state index in [1.165, 1.54) is 31.3 Å². The predicted molar refractivity (Wildman–Crippen MR) is 114 cm³/mol. The fourth-order valence-electron chi connectivity index (χ4n) is 3.55. The van der Waals surface area contributed by atoms with E-state index in [9.17, 15) is 22.4 Å². The number of nitrogens with zero attached hydrogens (tertiary/aromatic N) is 4. The van der Waals surface area contributed by atoms with Crippen molar-refractivity contribution in [1.29, 1.82) is 0 Å². The number of halogens is 6. The molecule has 4 rings (SSSR count). The zero-order valence-corrected chi connectivity index (χ0v) is 18.2. The van der Waals surface area contributed by atoms with Crippen molar-refractivity contribution in [3.8, 4) is 0 Å². The minimum Gasteiger partial charge on any atom is -0.386 e. The molecule has 1 aliphatic heterocycles. The van der Waals surface area contributed by atoms with Crippen molar-refractivity contribution >= 4 is 40.6 Å². The summed E-state index contributed by atoms with van der Waals surface area (Å²) in [5.74, 6) is -1.50. The summed E-state index contributed by atoms with van der Waals surface area (Å²) in [7, 11) is 0. The van der Waals surface area contributed by atoms with Crippen LogP contribution in [0.1, 0.15) is 34.4 Å². The fraction of sp³-hybridized carbons (Fsp3) is 0.200. The number of fused-ring (bicyclic) bond motifs is 1. The molecule has 172 valence electrons. The van der Waals surface area contributed by atoms with Gasteiger partial charge in [-0.1, -0.05) is 23.2 Å². The van der Waals surface area contributed by atoms with Gasteiger partial charge in [0.2, 0.25) is 0 Å². The first-order valence-corrected chi connectivity index (χ1v) is 10.1. The van der Waals surface area contributed by atoms with Gasteiger partial charge >= 0.3 is 6.18 Å². The highest BCUT2D eigenvalue weighted by Crippen LogP contribution is 2.41. The average Bonchev–Trinajstić information content (AvgIpc) is 3.14. The molecule has 1 aromatic carbocycles. The highest BCUT2D eigenvalue weighted by Gasteiger charge is 2.42. The molecule has 3 heterocycles. The number of rotatable bonds is 3. The van der Waals surface area contributed by atoms with Crippen molar-refractivity contribution in [1.82, 2.24) is 14.8 Å². The summed E-state index contributed by atoms with van der Waals surface area (Å²) in [4.78, 5) is 20.7. The lowest BCUT2D eigenvalue weighted by molar-refractivity contribution is -0.141. The highest BCUT2D eigenvalue weighted by molar-refractivity contribution is 6.36. The zero-order valence-electron chi connectivity index (χ0n) is 16.7. The molecule has 0 spiro atoms. The summed E-state index contributed by atoms with van der Waals surface area (Å²) in [6.07, 6.45) is -3.47. The number of carbonyl (C=O) groups excluding carboxylic acids is 1. The number of nitrogens with two attached hydrogens (primary N) is 1. The molecule has 7 nitrogen and oxygen atoms in total. The van der Waals surface area contributed by atoms with E-state index in [1.807, 2.05) is 0 Å². The van der Waals surface area contributed by atoms with Gasteiger partial charge in [-0.2, -0.15) is 18.3 Å². The number of nitrogens with one attached hydrogen (secondary N) is 1. The molecule has 0 bridgehead atoms. The van der Waals surface area contributed by atoms with Crippen LogP contribution < -0.4 is 11.1 Å². The molecule has 3 N–H and O–H groups in total. The summed E-state index contributed by atoms with van der Waals surface area (Å²) in [6.45, 7) is 1.23. The Bertz CT molecular complexity index is 1310. The second kappa shape index (κ2) is 7.99. The number of pyridine rings is 1. The Morgan fingerprint density at radius 1 is 1.24 bits per heavy atom. The van der Waals surface area contributed by atoms with Crippen molar-refractivity contribution in [2.75, 3.05) is 5.32 Å². The van der Waals surface area contributed by atoms with E-state index in [4.69, 9.17) is 28.9 Å². The first-order chi connectivity index (χ1) is 15.4. The van der Waals surface area contributed by atoms with Gasteiger partial charge in [0.1, 0.15) is 22.9 Å². The van der Waals surface area contributed by atoms with E-state index in [0.29, 0.717) is 0 Å². The number of carbonyl (C=O) groups is 1. The van der Waals surface area contributed by atoms with E-state index in [1.54, 1.807) is 0 Å². The summed E-state index contributed by atoms with van der Waals surface area (Å²) in [6, 6.07) is 5.72. The van der Waals surface area contributed by atoms with Crippen molar-refractivity contribution in [3.05, 3.63) is 75.0 Å². The Kier molecular flexibility index (Phi) is 5.57. The standard InChI is InChI=1S/C20H14Cl2F4N6O/c1-19(15-6-14(20(24,25)26)31-32(15)8-16(27)30-19)11-5-10(2-3-13(11)23)29-18(33)17-12(22)4-9(21)7-28-17/h2-7H,8H2,1H3,(H2,27,30)(H,29,33)/t19-/m1/s1. The molecule has 0 saturated carbocycles. The van der Waals surface area contributed by atoms with Crippen LogP contribution in [0.25, 0.3) is 0 Å². The molecule has 0 unspecified atom stereocenters. The molecule has 0 fully saturated rings. The topological polar surface area (TPSA) is 98.2 Å². The van der Waals surface area contributed by atoms with Crippen molar-refractivity contribution < 1.29 is 22.4 Å². The van der Waals surface area contributed by atoms with Gasteiger partial charge in [0.15, 0.2) is 5.69 Å². The molecule has 0 radical (unpaired) electrons.